The Morgan fingerprint density at radius 1 is 1.39 bits per heavy atom. The third kappa shape index (κ3) is 5.56. The van der Waals surface area contributed by atoms with Crippen molar-refractivity contribution < 1.29 is 9.13 Å². The van der Waals surface area contributed by atoms with E-state index in [0.29, 0.717) is 17.8 Å². The van der Waals surface area contributed by atoms with E-state index in [1.165, 1.54) is 31.7 Å². The maximum atomic E-state index is 14.0. The number of hydrogen-bond acceptors (Lipinski definition) is 4. The zero-order valence-corrected chi connectivity index (χ0v) is 17.2. The fourth-order valence-electron chi connectivity index (χ4n) is 4.40. The van der Waals surface area contributed by atoms with Crippen LogP contribution in [0.1, 0.15) is 45.4 Å². The predicted octanol–water partition coefficient (Wildman–Crippen LogP) is 2.95. The Hall–Kier alpha value is -1.89. The molecule has 0 radical (unpaired) electrons. The van der Waals surface area contributed by atoms with Crippen LogP contribution in [0.5, 0.6) is 0 Å². The Bertz CT molecular complexity index is 635. The molecule has 28 heavy (non-hydrogen) atoms. The summed E-state index contributed by atoms with van der Waals surface area (Å²) in [6, 6.07) is 3.31. The first-order valence-electron chi connectivity index (χ1n) is 10.7. The summed E-state index contributed by atoms with van der Waals surface area (Å²) >= 11 is 0. The number of ether oxygens (including phenoxy) is 1. The molecule has 0 amide bonds. The highest BCUT2D eigenvalue weighted by Crippen LogP contribution is 2.30. The monoisotopic (exact) mass is 391 g/mol. The van der Waals surface area contributed by atoms with Gasteiger partial charge >= 0.3 is 0 Å². The van der Waals surface area contributed by atoms with Gasteiger partial charge in [0.05, 0.1) is 6.10 Å². The minimum atomic E-state index is -0.264. The molecule has 1 aliphatic heterocycles. The van der Waals surface area contributed by atoms with Crippen LogP contribution in [0.15, 0.2) is 23.3 Å². The Morgan fingerprint density at radius 2 is 2.21 bits per heavy atom. The average Bonchev–Trinajstić information content (AvgIpc) is 3.39. The topological polar surface area (TPSA) is 61.8 Å². The number of aromatic nitrogens is 1. The first-order valence-corrected chi connectivity index (χ1v) is 10.7. The van der Waals surface area contributed by atoms with Crippen LogP contribution < -0.4 is 15.5 Å². The molecule has 2 atom stereocenters. The summed E-state index contributed by atoms with van der Waals surface area (Å²) in [5.74, 6) is 1.67. The van der Waals surface area contributed by atoms with E-state index in [0.717, 1.165) is 45.0 Å². The molecule has 2 N–H and O–H groups in total. The first kappa shape index (κ1) is 20.8. The summed E-state index contributed by atoms with van der Waals surface area (Å²) in [6.45, 7) is 5.20. The molecule has 156 valence electrons. The van der Waals surface area contributed by atoms with Crippen molar-refractivity contribution in [1.29, 1.82) is 0 Å². The van der Waals surface area contributed by atoms with Gasteiger partial charge in [0, 0.05) is 45.5 Å². The molecule has 1 aromatic heterocycles. The van der Waals surface area contributed by atoms with Gasteiger partial charge in [0.2, 0.25) is 0 Å². The van der Waals surface area contributed by atoms with E-state index in [1.807, 2.05) is 4.90 Å². The standard InChI is InChI=1S/C21H34FN5O/c1-3-28-19(16-7-4-5-8-16)10-13-25-21(23-2)26-17-11-14-27(15-17)20-18(22)9-6-12-24-20/h6,9,12,16-17,19H,3-5,7-8,10-11,13-15H2,1-2H3,(H2,23,25,26). The third-order valence-corrected chi connectivity index (χ3v) is 5.82. The van der Waals surface area contributed by atoms with Crippen LogP contribution in [-0.4, -0.2) is 56.4 Å². The third-order valence-electron chi connectivity index (χ3n) is 5.82. The van der Waals surface area contributed by atoms with Crippen LogP contribution in [0.25, 0.3) is 0 Å². The number of guanidine groups is 1. The summed E-state index contributed by atoms with van der Waals surface area (Å²) in [4.78, 5) is 10.5. The van der Waals surface area contributed by atoms with Crippen molar-refractivity contribution in [3.63, 3.8) is 0 Å². The van der Waals surface area contributed by atoms with Crippen LogP contribution in [-0.2, 0) is 4.74 Å². The molecule has 2 heterocycles. The van der Waals surface area contributed by atoms with Gasteiger partial charge in [0.15, 0.2) is 17.6 Å². The Balaban J connectivity index is 1.44. The van der Waals surface area contributed by atoms with Crippen molar-refractivity contribution in [3.8, 4) is 0 Å². The lowest BCUT2D eigenvalue weighted by Crippen LogP contribution is -2.45. The zero-order valence-electron chi connectivity index (χ0n) is 17.2. The van der Waals surface area contributed by atoms with Crippen LogP contribution in [0, 0.1) is 11.7 Å². The molecule has 3 rings (SSSR count). The summed E-state index contributed by atoms with van der Waals surface area (Å²) in [5, 5.41) is 6.89. The van der Waals surface area contributed by atoms with E-state index in [9.17, 15) is 4.39 Å². The van der Waals surface area contributed by atoms with Gasteiger partial charge in [-0.2, -0.15) is 0 Å². The molecular weight excluding hydrogens is 357 g/mol. The molecule has 1 saturated carbocycles. The smallest absolute Gasteiger partial charge is 0.191 e. The maximum Gasteiger partial charge on any atom is 0.191 e. The lowest BCUT2D eigenvalue weighted by atomic mass is 9.98. The molecule has 0 spiro atoms. The van der Waals surface area contributed by atoms with Crippen molar-refractivity contribution in [2.24, 2.45) is 10.9 Å². The summed E-state index contributed by atoms with van der Waals surface area (Å²) in [7, 11) is 1.79. The number of hydrogen-bond donors (Lipinski definition) is 2. The molecular formula is C21H34FN5O. The second-order valence-electron chi connectivity index (χ2n) is 7.71. The van der Waals surface area contributed by atoms with Crippen molar-refractivity contribution in [2.75, 3.05) is 38.2 Å². The van der Waals surface area contributed by atoms with Gasteiger partial charge in [0.1, 0.15) is 0 Å². The summed E-state index contributed by atoms with van der Waals surface area (Å²) in [6.07, 6.45) is 9.15. The fraction of sp³-hybridized carbons (Fsp3) is 0.714. The van der Waals surface area contributed by atoms with Crippen LogP contribution in [0.3, 0.4) is 0 Å². The lowest BCUT2D eigenvalue weighted by molar-refractivity contribution is 0.0169. The first-order chi connectivity index (χ1) is 13.7. The molecule has 7 heteroatoms. The number of nitrogens with zero attached hydrogens (tertiary/aromatic N) is 3. The Morgan fingerprint density at radius 3 is 2.93 bits per heavy atom. The van der Waals surface area contributed by atoms with Gasteiger partial charge in [-0.05, 0) is 50.7 Å². The van der Waals surface area contributed by atoms with Crippen molar-refractivity contribution in [2.45, 2.75) is 57.6 Å². The van der Waals surface area contributed by atoms with Crippen molar-refractivity contribution in [1.82, 2.24) is 15.6 Å². The highest BCUT2D eigenvalue weighted by Gasteiger charge is 2.27. The van der Waals surface area contributed by atoms with Gasteiger partial charge < -0.3 is 20.3 Å². The average molecular weight is 392 g/mol. The minimum absolute atomic E-state index is 0.227. The maximum absolute atomic E-state index is 14.0. The highest BCUT2D eigenvalue weighted by atomic mass is 19.1. The van der Waals surface area contributed by atoms with Gasteiger partial charge in [-0.25, -0.2) is 9.37 Å². The van der Waals surface area contributed by atoms with E-state index in [1.54, 1.807) is 19.3 Å². The van der Waals surface area contributed by atoms with Crippen LogP contribution in [0.2, 0.25) is 0 Å². The molecule has 1 saturated heterocycles. The van der Waals surface area contributed by atoms with E-state index in [-0.39, 0.29) is 11.9 Å². The van der Waals surface area contributed by atoms with Gasteiger partial charge in [-0.15, -0.1) is 0 Å². The number of nitrogens with one attached hydrogen (secondary N) is 2. The highest BCUT2D eigenvalue weighted by molar-refractivity contribution is 5.80. The molecule has 2 aliphatic rings. The predicted molar refractivity (Wildman–Crippen MR) is 111 cm³/mol. The molecule has 2 fully saturated rings. The molecule has 1 aromatic rings. The number of pyridine rings is 1. The number of halogens is 1. The largest absolute Gasteiger partial charge is 0.378 e. The SMILES string of the molecule is CCOC(CCNC(=NC)NC1CCN(c2ncccc2F)C1)C1CCCC1. The van der Waals surface area contributed by atoms with E-state index >= 15 is 0 Å². The summed E-state index contributed by atoms with van der Waals surface area (Å²) < 4.78 is 20.0. The van der Waals surface area contributed by atoms with Gasteiger partial charge in [0.25, 0.3) is 0 Å². The molecule has 2 unspecified atom stereocenters. The van der Waals surface area contributed by atoms with Gasteiger partial charge in [-0.3, -0.25) is 4.99 Å². The van der Waals surface area contributed by atoms with Crippen molar-refractivity contribution >= 4 is 11.8 Å². The fourth-order valence-corrected chi connectivity index (χ4v) is 4.40. The van der Waals surface area contributed by atoms with E-state index in [4.69, 9.17) is 4.74 Å². The lowest BCUT2D eigenvalue weighted by Gasteiger charge is -2.24. The molecule has 6 nitrogen and oxygen atoms in total. The van der Waals surface area contributed by atoms with Crippen molar-refractivity contribution in [3.05, 3.63) is 24.1 Å². The number of anilines is 1. The molecule has 1 aliphatic carbocycles. The van der Waals surface area contributed by atoms with Crippen LogP contribution >= 0.6 is 0 Å². The Kier molecular flexibility index (Phi) is 7.89. The molecule has 0 aromatic carbocycles. The summed E-state index contributed by atoms with van der Waals surface area (Å²) in [5.41, 5.74) is 0. The van der Waals surface area contributed by atoms with E-state index < -0.39 is 0 Å². The number of aliphatic imine (C=N–C) groups is 1. The van der Waals surface area contributed by atoms with Gasteiger partial charge in [-0.1, -0.05) is 12.8 Å². The van der Waals surface area contributed by atoms with E-state index in [2.05, 4.69) is 27.5 Å². The zero-order chi connectivity index (χ0) is 19.8. The second-order valence-corrected chi connectivity index (χ2v) is 7.71. The minimum Gasteiger partial charge on any atom is -0.378 e. The normalized spacial score (nSPS) is 21.9. The Labute approximate surface area is 168 Å². The van der Waals surface area contributed by atoms with Crippen LogP contribution in [0.4, 0.5) is 10.2 Å². The second kappa shape index (κ2) is 10.6. The number of rotatable bonds is 8. The quantitative estimate of drug-likeness (QED) is 0.527. The molecule has 0 bridgehead atoms.